The number of thioether (sulfide) groups is 1. The lowest BCUT2D eigenvalue weighted by Gasteiger charge is -2.10. The Kier molecular flexibility index (Phi) is 6.40. The summed E-state index contributed by atoms with van der Waals surface area (Å²) >= 11 is 1.52. The van der Waals surface area contributed by atoms with Gasteiger partial charge in [-0.25, -0.2) is 0 Å². The van der Waals surface area contributed by atoms with Gasteiger partial charge in [-0.1, -0.05) is 64.9 Å². The molecule has 5 rings (SSSR count). The van der Waals surface area contributed by atoms with Gasteiger partial charge in [-0.15, -0.1) is 10.2 Å². The molecule has 5 aromatic rings. The summed E-state index contributed by atoms with van der Waals surface area (Å²) in [6.45, 7) is 2.08. The van der Waals surface area contributed by atoms with Gasteiger partial charge in [-0.2, -0.15) is 4.98 Å². The fourth-order valence-electron chi connectivity index (χ4n) is 3.54. The zero-order chi connectivity index (χ0) is 23.3. The van der Waals surface area contributed by atoms with Gasteiger partial charge in [0.2, 0.25) is 11.7 Å². The maximum Gasteiger partial charge on any atom is 0.237 e. The zero-order valence-corrected chi connectivity index (χ0v) is 19.7. The molecule has 0 unspecified atom stereocenters. The van der Waals surface area contributed by atoms with Crippen LogP contribution in [0, 0.1) is 6.92 Å². The molecule has 7 nitrogen and oxygen atoms in total. The van der Waals surface area contributed by atoms with Crippen LogP contribution in [0.2, 0.25) is 0 Å². The Bertz CT molecular complexity index is 1360. The van der Waals surface area contributed by atoms with E-state index in [1.807, 2.05) is 42.5 Å². The summed E-state index contributed by atoms with van der Waals surface area (Å²) in [6.07, 6.45) is 0.685. The summed E-state index contributed by atoms with van der Waals surface area (Å²) in [5.41, 5.74) is 4.27. The quantitative estimate of drug-likeness (QED) is 0.277. The Morgan fingerprint density at radius 2 is 1.68 bits per heavy atom. The molecule has 2 aromatic heterocycles. The molecule has 0 radical (unpaired) electrons. The third-order valence-electron chi connectivity index (χ3n) is 5.34. The highest BCUT2D eigenvalue weighted by Gasteiger charge is 2.17. The van der Waals surface area contributed by atoms with Crippen molar-refractivity contribution >= 4 is 11.8 Å². The molecule has 0 amide bonds. The fraction of sp³-hybridized carbons (Fsp3) is 0.154. The average molecular weight is 470 g/mol. The fourth-order valence-corrected chi connectivity index (χ4v) is 4.35. The van der Waals surface area contributed by atoms with Gasteiger partial charge in [-0.3, -0.25) is 4.57 Å². The molecule has 0 N–H and O–H groups in total. The minimum absolute atomic E-state index is 0.485. The smallest absolute Gasteiger partial charge is 0.237 e. The topological polar surface area (TPSA) is 78.9 Å². The van der Waals surface area contributed by atoms with E-state index in [0.29, 0.717) is 23.9 Å². The van der Waals surface area contributed by atoms with Crippen molar-refractivity contribution in [2.45, 2.75) is 24.3 Å². The van der Waals surface area contributed by atoms with E-state index in [1.165, 1.54) is 22.9 Å². The Morgan fingerprint density at radius 1 is 0.912 bits per heavy atom. The average Bonchev–Trinajstić information content (AvgIpc) is 3.51. The first-order valence-electron chi connectivity index (χ1n) is 10.8. The van der Waals surface area contributed by atoms with E-state index in [2.05, 4.69) is 68.2 Å². The van der Waals surface area contributed by atoms with Gasteiger partial charge in [0.15, 0.2) is 5.16 Å². The summed E-state index contributed by atoms with van der Waals surface area (Å²) in [5, 5.41) is 13.9. The third-order valence-corrected chi connectivity index (χ3v) is 6.25. The maximum atomic E-state index is 5.49. The van der Waals surface area contributed by atoms with E-state index in [-0.39, 0.29) is 0 Å². The first-order chi connectivity index (χ1) is 16.7. The number of benzene rings is 3. The van der Waals surface area contributed by atoms with Crippen molar-refractivity contribution in [1.82, 2.24) is 24.9 Å². The molecular weight excluding hydrogens is 446 g/mol. The van der Waals surface area contributed by atoms with Crippen LogP contribution in [0.5, 0.6) is 5.75 Å². The summed E-state index contributed by atoms with van der Waals surface area (Å²) in [5.74, 6) is 3.21. The molecule has 0 saturated carbocycles. The number of ether oxygens (including phenoxy) is 1. The second-order valence-corrected chi connectivity index (χ2v) is 8.70. The number of aryl methyl sites for hydroxylation is 1. The van der Waals surface area contributed by atoms with Crippen molar-refractivity contribution in [3.63, 3.8) is 0 Å². The molecule has 2 heterocycles. The Labute approximate surface area is 201 Å². The van der Waals surface area contributed by atoms with Crippen LogP contribution in [0.1, 0.15) is 22.8 Å². The van der Waals surface area contributed by atoms with Crippen molar-refractivity contribution in [2.75, 3.05) is 7.11 Å². The van der Waals surface area contributed by atoms with Crippen molar-refractivity contribution in [3.05, 3.63) is 102 Å². The van der Waals surface area contributed by atoms with Crippen LogP contribution in [-0.2, 0) is 12.2 Å². The van der Waals surface area contributed by atoms with Gasteiger partial charge in [0, 0.05) is 17.7 Å². The van der Waals surface area contributed by atoms with Crippen LogP contribution in [-0.4, -0.2) is 32.0 Å². The summed E-state index contributed by atoms with van der Waals surface area (Å²) in [4.78, 5) is 4.54. The number of hydrogen-bond acceptors (Lipinski definition) is 7. The van der Waals surface area contributed by atoms with Crippen molar-refractivity contribution in [3.8, 4) is 22.8 Å². The minimum Gasteiger partial charge on any atom is -0.497 e. The van der Waals surface area contributed by atoms with E-state index >= 15 is 0 Å². The number of hydrogen-bond donors (Lipinski definition) is 0. The van der Waals surface area contributed by atoms with Crippen LogP contribution < -0.4 is 4.74 Å². The lowest BCUT2D eigenvalue weighted by atomic mass is 10.1. The molecule has 0 aliphatic heterocycles. The monoisotopic (exact) mass is 469 g/mol. The number of aromatic nitrogens is 5. The maximum absolute atomic E-state index is 5.49. The van der Waals surface area contributed by atoms with Gasteiger partial charge in [0.1, 0.15) is 11.6 Å². The number of methoxy groups -OCH3 is 1. The molecule has 0 spiro atoms. The largest absolute Gasteiger partial charge is 0.497 e. The highest BCUT2D eigenvalue weighted by atomic mass is 32.2. The van der Waals surface area contributed by atoms with Crippen LogP contribution in [0.15, 0.2) is 88.5 Å². The van der Waals surface area contributed by atoms with Crippen molar-refractivity contribution in [1.29, 1.82) is 0 Å². The van der Waals surface area contributed by atoms with E-state index in [4.69, 9.17) is 9.26 Å². The molecule has 0 fully saturated rings. The number of nitrogens with zero attached hydrogens (tertiary/aromatic N) is 5. The van der Waals surface area contributed by atoms with E-state index in [0.717, 1.165) is 28.0 Å². The predicted molar refractivity (Wildman–Crippen MR) is 131 cm³/mol. The van der Waals surface area contributed by atoms with Gasteiger partial charge in [-0.05, 0) is 48.9 Å². The highest BCUT2D eigenvalue weighted by Crippen LogP contribution is 2.27. The summed E-state index contributed by atoms with van der Waals surface area (Å²) in [7, 11) is 1.64. The highest BCUT2D eigenvalue weighted by molar-refractivity contribution is 7.98. The molecule has 0 aliphatic carbocycles. The second kappa shape index (κ2) is 9.93. The first kappa shape index (κ1) is 21.9. The van der Waals surface area contributed by atoms with E-state index < -0.39 is 0 Å². The van der Waals surface area contributed by atoms with Crippen LogP contribution >= 0.6 is 11.8 Å². The van der Waals surface area contributed by atoms with Crippen molar-refractivity contribution in [2.24, 2.45) is 0 Å². The third kappa shape index (κ3) is 4.87. The Hall–Kier alpha value is -3.91. The Morgan fingerprint density at radius 3 is 2.41 bits per heavy atom. The van der Waals surface area contributed by atoms with Crippen LogP contribution in [0.25, 0.3) is 17.1 Å². The van der Waals surface area contributed by atoms with E-state index in [9.17, 15) is 0 Å². The normalized spacial score (nSPS) is 11.0. The van der Waals surface area contributed by atoms with Gasteiger partial charge < -0.3 is 9.26 Å². The SMILES string of the molecule is COc1ccc(-c2noc(CSc3nnc(Cc4ccccc4)n3-c3ccc(C)cc3)n2)cc1. The predicted octanol–water partition coefficient (Wildman–Crippen LogP) is 5.52. The molecule has 0 bridgehead atoms. The molecule has 3 aromatic carbocycles. The molecule has 0 saturated heterocycles. The standard InChI is InChI=1S/C26H23N5O2S/c1-18-8-12-21(13-9-18)31-23(16-19-6-4-3-5-7-19)28-29-26(31)34-17-24-27-25(30-33-24)20-10-14-22(32-2)15-11-20/h3-15H,16-17H2,1-2H3. The zero-order valence-electron chi connectivity index (χ0n) is 18.9. The molecule has 170 valence electrons. The molecule has 34 heavy (non-hydrogen) atoms. The van der Waals surface area contributed by atoms with E-state index in [1.54, 1.807) is 7.11 Å². The molecular formula is C26H23N5O2S. The van der Waals surface area contributed by atoms with Gasteiger partial charge in [0.25, 0.3) is 0 Å². The lowest BCUT2D eigenvalue weighted by molar-refractivity contribution is 0.391. The summed E-state index contributed by atoms with van der Waals surface area (Å²) in [6, 6.07) is 26.2. The lowest BCUT2D eigenvalue weighted by Crippen LogP contribution is -2.04. The Balaban J connectivity index is 1.38. The molecule has 0 aliphatic rings. The minimum atomic E-state index is 0.485. The first-order valence-corrected chi connectivity index (χ1v) is 11.8. The molecule has 8 heteroatoms. The molecule has 0 atom stereocenters. The van der Waals surface area contributed by atoms with Crippen molar-refractivity contribution < 1.29 is 9.26 Å². The second-order valence-electron chi connectivity index (χ2n) is 7.76. The van der Waals surface area contributed by atoms with Crippen LogP contribution in [0.3, 0.4) is 0 Å². The van der Waals surface area contributed by atoms with Gasteiger partial charge >= 0.3 is 0 Å². The van der Waals surface area contributed by atoms with Gasteiger partial charge in [0.05, 0.1) is 12.9 Å². The summed E-state index contributed by atoms with van der Waals surface area (Å²) < 4.78 is 12.8. The van der Waals surface area contributed by atoms with Crippen LogP contribution in [0.4, 0.5) is 0 Å². The number of rotatable bonds is 8.